The molecule has 2 nitrogen and oxygen atoms in total. The van der Waals surface area contributed by atoms with Gasteiger partial charge in [0.25, 0.3) is 0 Å². The quantitative estimate of drug-likeness (QED) is 0.716. The van der Waals surface area contributed by atoms with Crippen LogP contribution in [-0.4, -0.2) is 38.1 Å². The molecule has 0 saturated carbocycles. The summed E-state index contributed by atoms with van der Waals surface area (Å²) in [4.78, 5) is 4.78. The maximum absolute atomic E-state index is 5.36. The van der Waals surface area contributed by atoms with Gasteiger partial charge in [-0.15, -0.1) is 6.42 Å². The van der Waals surface area contributed by atoms with Crippen molar-refractivity contribution in [2.24, 2.45) is 0 Å². The van der Waals surface area contributed by atoms with Crippen molar-refractivity contribution >= 4 is 5.69 Å². The second kappa shape index (κ2) is 5.25. The zero-order chi connectivity index (χ0) is 12.3. The largest absolute Gasteiger partial charge is 0.371 e. The Bertz CT molecular complexity index is 392. The molecule has 0 unspecified atom stereocenters. The average molecular weight is 228 g/mol. The Morgan fingerprint density at radius 1 is 1.18 bits per heavy atom. The van der Waals surface area contributed by atoms with Crippen molar-refractivity contribution in [2.45, 2.75) is 18.9 Å². The van der Waals surface area contributed by atoms with Gasteiger partial charge in [-0.3, -0.25) is 0 Å². The number of piperidine rings is 1. The van der Waals surface area contributed by atoms with E-state index in [1.54, 1.807) is 0 Å². The van der Waals surface area contributed by atoms with Crippen molar-refractivity contribution < 1.29 is 0 Å². The van der Waals surface area contributed by atoms with Gasteiger partial charge in [0.2, 0.25) is 0 Å². The van der Waals surface area contributed by atoms with Crippen LogP contribution in [0, 0.1) is 12.3 Å². The van der Waals surface area contributed by atoms with Gasteiger partial charge in [0.05, 0.1) is 0 Å². The highest BCUT2D eigenvalue weighted by Gasteiger charge is 2.20. The van der Waals surface area contributed by atoms with E-state index in [-0.39, 0.29) is 0 Å². The number of hydrogen-bond acceptors (Lipinski definition) is 2. The highest BCUT2D eigenvalue weighted by molar-refractivity contribution is 5.50. The van der Waals surface area contributed by atoms with Crippen molar-refractivity contribution in [1.29, 1.82) is 0 Å². The summed E-state index contributed by atoms with van der Waals surface area (Å²) in [7, 11) is 4.34. The van der Waals surface area contributed by atoms with Crippen LogP contribution < -0.4 is 4.90 Å². The molecule has 2 rings (SSSR count). The zero-order valence-corrected chi connectivity index (χ0v) is 10.7. The molecule has 1 aliphatic heterocycles. The smallest absolute Gasteiger partial charge is 0.0367 e. The fourth-order valence-electron chi connectivity index (χ4n) is 2.41. The molecule has 0 amide bonds. The lowest BCUT2D eigenvalue weighted by Gasteiger charge is -2.36. The molecule has 0 N–H and O–H groups in total. The molecule has 1 aliphatic rings. The normalized spacial score (nSPS) is 17.2. The van der Waals surface area contributed by atoms with E-state index in [0.29, 0.717) is 0 Å². The van der Waals surface area contributed by atoms with Crippen LogP contribution >= 0.6 is 0 Å². The molecule has 1 aromatic rings. The number of nitrogens with zero attached hydrogens (tertiary/aromatic N) is 2. The molecule has 0 aliphatic carbocycles. The van der Waals surface area contributed by atoms with E-state index in [1.807, 2.05) is 12.1 Å². The summed E-state index contributed by atoms with van der Waals surface area (Å²) in [5.41, 5.74) is 2.25. The molecule has 1 heterocycles. The molecule has 2 heteroatoms. The predicted octanol–water partition coefficient (Wildman–Crippen LogP) is 2.20. The second-order valence-electron chi connectivity index (χ2n) is 4.87. The Kier molecular flexibility index (Phi) is 3.71. The Hall–Kier alpha value is -1.46. The van der Waals surface area contributed by atoms with Gasteiger partial charge >= 0.3 is 0 Å². The molecular weight excluding hydrogens is 208 g/mol. The molecule has 1 aromatic carbocycles. The van der Waals surface area contributed by atoms with Gasteiger partial charge in [-0.25, -0.2) is 0 Å². The molecule has 17 heavy (non-hydrogen) atoms. The van der Waals surface area contributed by atoms with Gasteiger partial charge in [-0.05, 0) is 51.2 Å². The average Bonchev–Trinajstić information content (AvgIpc) is 2.39. The minimum atomic E-state index is 0.733. The van der Waals surface area contributed by atoms with Crippen LogP contribution in [-0.2, 0) is 0 Å². The SMILES string of the molecule is C#Cc1ccc(N2CCC(N(C)C)CC2)cc1. The maximum Gasteiger partial charge on any atom is 0.0367 e. The summed E-state index contributed by atoms with van der Waals surface area (Å²) < 4.78 is 0. The third-order valence-electron chi connectivity index (χ3n) is 3.59. The van der Waals surface area contributed by atoms with Crippen molar-refractivity contribution in [3.8, 4) is 12.3 Å². The lowest BCUT2D eigenvalue weighted by molar-refractivity contribution is 0.249. The number of rotatable bonds is 2. The van der Waals surface area contributed by atoms with Crippen molar-refractivity contribution in [3.05, 3.63) is 29.8 Å². The van der Waals surface area contributed by atoms with Crippen LogP contribution in [0.15, 0.2) is 24.3 Å². The van der Waals surface area contributed by atoms with E-state index in [4.69, 9.17) is 6.42 Å². The lowest BCUT2D eigenvalue weighted by atomic mass is 10.0. The summed E-state index contributed by atoms with van der Waals surface area (Å²) in [6.45, 7) is 2.27. The molecule has 0 atom stereocenters. The fraction of sp³-hybridized carbons (Fsp3) is 0.467. The molecule has 0 radical (unpaired) electrons. The number of hydrogen-bond donors (Lipinski definition) is 0. The summed E-state index contributed by atoms with van der Waals surface area (Å²) in [6.07, 6.45) is 7.84. The lowest BCUT2D eigenvalue weighted by Crippen LogP contribution is -2.41. The van der Waals surface area contributed by atoms with Crippen LogP contribution in [0.3, 0.4) is 0 Å². The fourth-order valence-corrected chi connectivity index (χ4v) is 2.41. The highest BCUT2D eigenvalue weighted by atomic mass is 15.2. The van der Waals surface area contributed by atoms with E-state index in [1.165, 1.54) is 18.5 Å². The number of anilines is 1. The minimum absolute atomic E-state index is 0.733. The highest BCUT2D eigenvalue weighted by Crippen LogP contribution is 2.21. The van der Waals surface area contributed by atoms with E-state index >= 15 is 0 Å². The molecule has 1 fully saturated rings. The third-order valence-corrected chi connectivity index (χ3v) is 3.59. The van der Waals surface area contributed by atoms with Gasteiger partial charge < -0.3 is 9.80 Å². The Morgan fingerprint density at radius 2 is 1.76 bits per heavy atom. The molecule has 1 saturated heterocycles. The minimum Gasteiger partial charge on any atom is -0.371 e. The Morgan fingerprint density at radius 3 is 2.24 bits per heavy atom. The Balaban J connectivity index is 1.98. The summed E-state index contributed by atoms with van der Waals surface area (Å²) in [6, 6.07) is 9.04. The summed E-state index contributed by atoms with van der Waals surface area (Å²) in [5, 5.41) is 0. The number of benzene rings is 1. The number of terminal acetylenes is 1. The van der Waals surface area contributed by atoms with Gasteiger partial charge in [-0.2, -0.15) is 0 Å². The van der Waals surface area contributed by atoms with Gasteiger partial charge in [0, 0.05) is 30.4 Å². The molecule has 0 aromatic heterocycles. The monoisotopic (exact) mass is 228 g/mol. The van der Waals surface area contributed by atoms with Crippen LogP contribution in [0.1, 0.15) is 18.4 Å². The summed E-state index contributed by atoms with van der Waals surface area (Å²) in [5.74, 6) is 2.65. The standard InChI is InChI=1S/C15H20N2/c1-4-13-5-7-15(8-6-13)17-11-9-14(10-12-17)16(2)3/h1,5-8,14H,9-12H2,2-3H3. The van der Waals surface area contributed by atoms with Crippen LogP contribution in [0.2, 0.25) is 0 Å². The van der Waals surface area contributed by atoms with Crippen LogP contribution in [0.25, 0.3) is 0 Å². The first-order valence-corrected chi connectivity index (χ1v) is 6.19. The maximum atomic E-state index is 5.36. The van der Waals surface area contributed by atoms with E-state index in [9.17, 15) is 0 Å². The summed E-state index contributed by atoms with van der Waals surface area (Å²) >= 11 is 0. The van der Waals surface area contributed by atoms with Gasteiger partial charge in [-0.1, -0.05) is 5.92 Å². The molecule has 90 valence electrons. The van der Waals surface area contributed by atoms with E-state index in [0.717, 1.165) is 24.7 Å². The van der Waals surface area contributed by atoms with Crippen molar-refractivity contribution in [2.75, 3.05) is 32.1 Å². The van der Waals surface area contributed by atoms with Crippen molar-refractivity contribution in [1.82, 2.24) is 4.90 Å². The topological polar surface area (TPSA) is 6.48 Å². The van der Waals surface area contributed by atoms with Gasteiger partial charge in [0.15, 0.2) is 0 Å². The van der Waals surface area contributed by atoms with Crippen molar-refractivity contribution in [3.63, 3.8) is 0 Å². The van der Waals surface area contributed by atoms with E-state index in [2.05, 4.69) is 41.9 Å². The zero-order valence-electron chi connectivity index (χ0n) is 10.7. The second-order valence-corrected chi connectivity index (χ2v) is 4.87. The predicted molar refractivity (Wildman–Crippen MR) is 73.3 cm³/mol. The van der Waals surface area contributed by atoms with Gasteiger partial charge in [0.1, 0.15) is 0 Å². The third kappa shape index (κ3) is 2.81. The van der Waals surface area contributed by atoms with Crippen LogP contribution in [0.5, 0.6) is 0 Å². The first kappa shape index (κ1) is 12.0. The molecule has 0 bridgehead atoms. The first-order valence-electron chi connectivity index (χ1n) is 6.19. The van der Waals surface area contributed by atoms with Crippen LogP contribution in [0.4, 0.5) is 5.69 Å². The Labute approximate surface area is 104 Å². The van der Waals surface area contributed by atoms with E-state index < -0.39 is 0 Å². The molecular formula is C15H20N2. The molecule has 0 spiro atoms. The first-order chi connectivity index (χ1) is 8.20.